The molecule has 2 aliphatic rings. The van der Waals surface area contributed by atoms with Gasteiger partial charge in [0.1, 0.15) is 17.2 Å². The number of primary amides is 1. The number of nitrogens with two attached hydrogens (primary N) is 2. The number of carbonyl (C=O) groups is 1. The number of carbonyl (C=O) groups excluding carboxylic acids is 1. The molecule has 2 aromatic heterocycles. The Labute approximate surface area is 205 Å². The summed E-state index contributed by atoms with van der Waals surface area (Å²) in [5, 5.41) is 7.66. The predicted molar refractivity (Wildman–Crippen MR) is 132 cm³/mol. The molecular weight excluding hydrogens is 469 g/mol. The third-order valence-electron chi connectivity index (χ3n) is 7.64. The summed E-state index contributed by atoms with van der Waals surface area (Å²) in [6.45, 7) is 1.93. The molecule has 0 radical (unpaired) electrons. The third kappa shape index (κ3) is 3.30. The molecule has 4 aromatic rings. The fourth-order valence-electron chi connectivity index (χ4n) is 5.83. The summed E-state index contributed by atoms with van der Waals surface area (Å²) in [7, 11) is 0. The maximum absolute atomic E-state index is 14.6. The van der Waals surface area contributed by atoms with Crippen molar-refractivity contribution in [1.82, 2.24) is 20.2 Å². The Morgan fingerprint density at radius 1 is 1.26 bits per heavy atom. The Morgan fingerprint density at radius 2 is 2.09 bits per heavy atom. The van der Waals surface area contributed by atoms with Crippen molar-refractivity contribution < 1.29 is 9.18 Å². The third-order valence-corrected chi connectivity index (χ3v) is 7.95. The number of amides is 1. The summed E-state index contributed by atoms with van der Waals surface area (Å²) in [6.07, 6.45) is 2.63. The van der Waals surface area contributed by atoms with E-state index in [-0.39, 0.29) is 17.2 Å². The van der Waals surface area contributed by atoms with Crippen LogP contribution in [0.5, 0.6) is 0 Å². The standard InChI is InChI=1S/C25H23ClFN7O/c26-18-9-13(23(29)35)5-6-14(18)21-22-24(33-32-21)31-20(10-30-22)34-8-7-15-17(11-34)25(15,12-28)16-3-1-2-4-19(16)27/h1-6,9-10,15,17H,7-8,11-12,28H2,(H2,29,35)(H,31,32,33)/t15-,17?,25-/m1/s1. The Hall–Kier alpha value is -3.56. The molecule has 0 bridgehead atoms. The summed E-state index contributed by atoms with van der Waals surface area (Å²) >= 11 is 6.39. The number of nitrogens with zero attached hydrogens (tertiary/aromatic N) is 4. The van der Waals surface area contributed by atoms with E-state index in [1.165, 1.54) is 12.1 Å². The lowest BCUT2D eigenvalue weighted by Crippen LogP contribution is -2.32. The lowest BCUT2D eigenvalue weighted by atomic mass is 9.91. The molecule has 1 saturated heterocycles. The second-order valence-corrected chi connectivity index (χ2v) is 9.64. The van der Waals surface area contributed by atoms with Gasteiger partial charge in [-0.1, -0.05) is 35.9 Å². The van der Waals surface area contributed by atoms with Crippen LogP contribution in [0.2, 0.25) is 5.02 Å². The largest absolute Gasteiger partial charge is 0.366 e. The van der Waals surface area contributed by atoms with Gasteiger partial charge in [0.25, 0.3) is 0 Å². The van der Waals surface area contributed by atoms with Gasteiger partial charge in [-0.05, 0) is 42.0 Å². The van der Waals surface area contributed by atoms with Crippen molar-refractivity contribution in [2.75, 3.05) is 24.5 Å². The first-order valence-corrected chi connectivity index (χ1v) is 11.8. The molecule has 1 aliphatic carbocycles. The maximum Gasteiger partial charge on any atom is 0.248 e. The number of benzene rings is 2. The van der Waals surface area contributed by atoms with Gasteiger partial charge in [0.2, 0.25) is 11.6 Å². The number of aromatic amines is 1. The average molecular weight is 492 g/mol. The molecule has 2 aromatic carbocycles. The fraction of sp³-hybridized carbons (Fsp3) is 0.280. The molecule has 1 aliphatic heterocycles. The van der Waals surface area contributed by atoms with Crippen LogP contribution in [0.1, 0.15) is 22.3 Å². The zero-order chi connectivity index (χ0) is 24.3. The molecule has 1 unspecified atom stereocenters. The van der Waals surface area contributed by atoms with Gasteiger partial charge in [-0.15, -0.1) is 0 Å². The molecule has 178 valence electrons. The second-order valence-electron chi connectivity index (χ2n) is 9.23. The van der Waals surface area contributed by atoms with Crippen LogP contribution in [0.3, 0.4) is 0 Å². The molecule has 10 heteroatoms. The van der Waals surface area contributed by atoms with E-state index in [9.17, 15) is 9.18 Å². The van der Waals surface area contributed by atoms with E-state index in [1.54, 1.807) is 24.4 Å². The lowest BCUT2D eigenvalue weighted by molar-refractivity contribution is 0.100. The van der Waals surface area contributed by atoms with Crippen molar-refractivity contribution in [2.45, 2.75) is 11.8 Å². The number of halogens is 2. The van der Waals surface area contributed by atoms with Crippen LogP contribution in [0.25, 0.3) is 22.4 Å². The van der Waals surface area contributed by atoms with Gasteiger partial charge in [-0.2, -0.15) is 5.10 Å². The highest BCUT2D eigenvalue weighted by atomic mass is 35.5. The molecule has 0 spiro atoms. The minimum absolute atomic E-state index is 0.188. The van der Waals surface area contributed by atoms with E-state index in [2.05, 4.69) is 20.1 Å². The van der Waals surface area contributed by atoms with Crippen molar-refractivity contribution in [3.8, 4) is 11.3 Å². The Kier molecular flexibility index (Phi) is 5.01. The zero-order valence-electron chi connectivity index (χ0n) is 18.7. The second kappa shape index (κ2) is 8.00. The number of H-pyrrole nitrogens is 1. The van der Waals surface area contributed by atoms with E-state index < -0.39 is 5.91 Å². The van der Waals surface area contributed by atoms with E-state index in [1.807, 2.05) is 12.1 Å². The van der Waals surface area contributed by atoms with E-state index >= 15 is 0 Å². The molecule has 2 fully saturated rings. The number of nitrogens with one attached hydrogen (secondary N) is 1. The number of aromatic nitrogens is 4. The van der Waals surface area contributed by atoms with Gasteiger partial charge in [0, 0.05) is 36.2 Å². The van der Waals surface area contributed by atoms with Crippen LogP contribution in [0.15, 0.2) is 48.7 Å². The van der Waals surface area contributed by atoms with Crippen LogP contribution < -0.4 is 16.4 Å². The molecule has 3 atom stereocenters. The molecule has 1 amide bonds. The molecular formula is C25H23ClFN7O. The Morgan fingerprint density at radius 3 is 2.83 bits per heavy atom. The predicted octanol–water partition coefficient (Wildman–Crippen LogP) is 3.26. The first-order valence-electron chi connectivity index (χ1n) is 11.4. The van der Waals surface area contributed by atoms with Gasteiger partial charge >= 0.3 is 0 Å². The van der Waals surface area contributed by atoms with E-state index in [0.717, 1.165) is 30.9 Å². The van der Waals surface area contributed by atoms with Gasteiger partial charge in [-0.3, -0.25) is 9.89 Å². The lowest BCUT2D eigenvalue weighted by Gasteiger charge is -2.26. The highest BCUT2D eigenvalue weighted by Crippen LogP contribution is 2.63. The van der Waals surface area contributed by atoms with Crippen LogP contribution in [0, 0.1) is 17.7 Å². The number of rotatable bonds is 5. The van der Waals surface area contributed by atoms with Crippen molar-refractivity contribution >= 4 is 34.5 Å². The normalized spacial score (nSPS) is 23.3. The molecule has 6 rings (SSSR count). The number of fused-ring (bicyclic) bond motifs is 2. The van der Waals surface area contributed by atoms with Gasteiger partial charge in [0.05, 0.1) is 16.9 Å². The van der Waals surface area contributed by atoms with E-state index in [0.29, 0.717) is 45.5 Å². The highest BCUT2D eigenvalue weighted by Gasteiger charge is 2.66. The average Bonchev–Trinajstić information content (AvgIpc) is 3.33. The molecule has 35 heavy (non-hydrogen) atoms. The quantitative estimate of drug-likeness (QED) is 0.393. The zero-order valence-corrected chi connectivity index (χ0v) is 19.5. The van der Waals surface area contributed by atoms with Crippen molar-refractivity contribution in [1.29, 1.82) is 0 Å². The molecule has 3 heterocycles. The Bertz CT molecular complexity index is 1470. The van der Waals surface area contributed by atoms with Crippen LogP contribution in [0.4, 0.5) is 10.2 Å². The maximum atomic E-state index is 14.6. The molecule has 1 saturated carbocycles. The summed E-state index contributed by atoms with van der Waals surface area (Å²) in [5.74, 6) is 0.598. The smallest absolute Gasteiger partial charge is 0.248 e. The monoisotopic (exact) mass is 491 g/mol. The molecule has 5 N–H and O–H groups in total. The number of hydrogen-bond donors (Lipinski definition) is 3. The fourth-order valence-corrected chi connectivity index (χ4v) is 6.11. The number of piperidine rings is 1. The number of anilines is 1. The minimum atomic E-state index is -0.551. The van der Waals surface area contributed by atoms with Crippen molar-refractivity contribution in [3.63, 3.8) is 0 Å². The number of hydrogen-bond acceptors (Lipinski definition) is 6. The van der Waals surface area contributed by atoms with Crippen LogP contribution in [-0.4, -0.2) is 45.7 Å². The first-order chi connectivity index (χ1) is 16.9. The summed E-state index contributed by atoms with van der Waals surface area (Å²) in [6, 6.07) is 11.8. The SMILES string of the molecule is NC[C@@]1(c2ccccc2F)C2CN(c3cnc4c(-c5ccc(C(N)=O)cc5Cl)[nH]nc4n3)CC[C@H]21. The van der Waals surface area contributed by atoms with Crippen molar-refractivity contribution in [3.05, 3.63) is 70.6 Å². The highest BCUT2D eigenvalue weighted by molar-refractivity contribution is 6.34. The topological polar surface area (TPSA) is 127 Å². The summed E-state index contributed by atoms with van der Waals surface area (Å²) < 4.78 is 14.6. The van der Waals surface area contributed by atoms with Gasteiger partial charge in [0.15, 0.2) is 0 Å². The van der Waals surface area contributed by atoms with E-state index in [4.69, 9.17) is 28.1 Å². The van der Waals surface area contributed by atoms with Gasteiger partial charge in [-0.25, -0.2) is 14.4 Å². The molecule has 8 nitrogen and oxygen atoms in total. The minimum Gasteiger partial charge on any atom is -0.366 e. The summed E-state index contributed by atoms with van der Waals surface area (Å²) in [4.78, 5) is 23.0. The van der Waals surface area contributed by atoms with Gasteiger partial charge < -0.3 is 16.4 Å². The Balaban J connectivity index is 1.28. The summed E-state index contributed by atoms with van der Waals surface area (Å²) in [5.41, 5.74) is 14.6. The van der Waals surface area contributed by atoms with Crippen LogP contribution >= 0.6 is 11.6 Å². The van der Waals surface area contributed by atoms with Crippen molar-refractivity contribution in [2.24, 2.45) is 23.3 Å². The van der Waals surface area contributed by atoms with Crippen LogP contribution in [-0.2, 0) is 5.41 Å². The first kappa shape index (κ1) is 21.9.